The third-order valence-electron chi connectivity index (χ3n) is 4.29. The maximum atomic E-state index is 13.0. The van der Waals surface area contributed by atoms with Gasteiger partial charge in [0.05, 0.1) is 5.56 Å². The van der Waals surface area contributed by atoms with Crippen LogP contribution in [-0.4, -0.2) is 11.4 Å². The number of rotatable bonds is 3. The molecule has 122 valence electrons. The minimum atomic E-state index is -4.30. The van der Waals surface area contributed by atoms with E-state index in [1.54, 1.807) is 12.1 Å². The van der Waals surface area contributed by atoms with Crippen molar-refractivity contribution >= 4 is 0 Å². The van der Waals surface area contributed by atoms with Gasteiger partial charge in [-0.2, -0.15) is 13.2 Å². The van der Waals surface area contributed by atoms with Crippen molar-refractivity contribution in [3.05, 3.63) is 71.0 Å². The lowest BCUT2D eigenvalue weighted by Crippen LogP contribution is -2.22. The van der Waals surface area contributed by atoms with Crippen molar-refractivity contribution in [1.82, 2.24) is 4.90 Å². The van der Waals surface area contributed by atoms with Gasteiger partial charge in [-0.25, -0.2) is 4.39 Å². The largest absolute Gasteiger partial charge is 0.416 e. The van der Waals surface area contributed by atoms with Gasteiger partial charge < -0.3 is 0 Å². The first kappa shape index (κ1) is 16.0. The van der Waals surface area contributed by atoms with E-state index in [9.17, 15) is 17.6 Å². The Balaban J connectivity index is 1.72. The predicted octanol–water partition coefficient (Wildman–Crippen LogP) is 5.18. The highest BCUT2D eigenvalue weighted by atomic mass is 19.4. The molecule has 0 N–H and O–H groups in total. The van der Waals surface area contributed by atoms with Crippen LogP contribution in [0.3, 0.4) is 0 Å². The van der Waals surface area contributed by atoms with Crippen LogP contribution in [-0.2, 0) is 12.7 Å². The van der Waals surface area contributed by atoms with Crippen LogP contribution in [0.1, 0.15) is 35.6 Å². The van der Waals surface area contributed by atoms with E-state index in [2.05, 4.69) is 4.90 Å². The van der Waals surface area contributed by atoms with Gasteiger partial charge in [-0.1, -0.05) is 24.3 Å². The van der Waals surface area contributed by atoms with Crippen molar-refractivity contribution in [3.63, 3.8) is 0 Å². The fourth-order valence-electron chi connectivity index (χ4n) is 3.11. The summed E-state index contributed by atoms with van der Waals surface area (Å²) in [5, 5.41) is 0. The molecule has 0 unspecified atom stereocenters. The molecule has 0 amide bonds. The van der Waals surface area contributed by atoms with Crippen molar-refractivity contribution in [2.45, 2.75) is 31.6 Å². The van der Waals surface area contributed by atoms with Gasteiger partial charge in [0.25, 0.3) is 0 Å². The van der Waals surface area contributed by atoms with E-state index >= 15 is 0 Å². The van der Waals surface area contributed by atoms with Gasteiger partial charge in [0.2, 0.25) is 0 Å². The zero-order valence-electron chi connectivity index (χ0n) is 12.5. The zero-order chi connectivity index (χ0) is 16.4. The lowest BCUT2D eigenvalue weighted by molar-refractivity contribution is -0.137. The van der Waals surface area contributed by atoms with E-state index < -0.39 is 11.7 Å². The quantitative estimate of drug-likeness (QED) is 0.703. The van der Waals surface area contributed by atoms with Crippen LogP contribution in [0.15, 0.2) is 48.5 Å². The van der Waals surface area contributed by atoms with Crippen LogP contribution in [0, 0.1) is 5.82 Å². The number of halogens is 4. The van der Waals surface area contributed by atoms with Crippen LogP contribution in [0.25, 0.3) is 0 Å². The summed E-state index contributed by atoms with van der Waals surface area (Å²) in [5.74, 6) is -0.263. The molecule has 1 aliphatic rings. The van der Waals surface area contributed by atoms with Crippen LogP contribution in [0.4, 0.5) is 17.6 Å². The summed E-state index contributed by atoms with van der Waals surface area (Å²) in [6, 6.07) is 12.0. The molecule has 0 aliphatic carbocycles. The Bertz CT molecular complexity index is 646. The molecule has 0 aromatic heterocycles. The van der Waals surface area contributed by atoms with Crippen LogP contribution in [0.5, 0.6) is 0 Å². The summed E-state index contributed by atoms with van der Waals surface area (Å²) in [7, 11) is 0. The van der Waals surface area contributed by atoms with Gasteiger partial charge in [-0.3, -0.25) is 4.90 Å². The number of hydrogen-bond donors (Lipinski definition) is 0. The second kappa shape index (κ2) is 6.32. The zero-order valence-corrected chi connectivity index (χ0v) is 12.5. The van der Waals surface area contributed by atoms with Gasteiger partial charge >= 0.3 is 6.18 Å². The van der Waals surface area contributed by atoms with Crippen LogP contribution >= 0.6 is 0 Å². The van der Waals surface area contributed by atoms with Gasteiger partial charge in [-0.05, 0) is 54.8 Å². The molecule has 23 heavy (non-hydrogen) atoms. The highest BCUT2D eigenvalue weighted by molar-refractivity contribution is 5.26. The Morgan fingerprint density at radius 1 is 0.957 bits per heavy atom. The fourth-order valence-corrected chi connectivity index (χ4v) is 3.11. The van der Waals surface area contributed by atoms with Gasteiger partial charge in [0, 0.05) is 12.6 Å². The first-order chi connectivity index (χ1) is 10.9. The van der Waals surface area contributed by atoms with Crippen molar-refractivity contribution in [1.29, 1.82) is 0 Å². The smallest absolute Gasteiger partial charge is 0.292 e. The molecule has 5 heteroatoms. The Morgan fingerprint density at radius 3 is 2.22 bits per heavy atom. The molecule has 0 spiro atoms. The Morgan fingerprint density at radius 2 is 1.61 bits per heavy atom. The Hall–Kier alpha value is -1.88. The maximum Gasteiger partial charge on any atom is 0.416 e. The lowest BCUT2D eigenvalue weighted by Gasteiger charge is -2.25. The van der Waals surface area contributed by atoms with E-state index in [4.69, 9.17) is 0 Å². The second-order valence-corrected chi connectivity index (χ2v) is 5.87. The monoisotopic (exact) mass is 323 g/mol. The minimum absolute atomic E-state index is 0.192. The summed E-state index contributed by atoms with van der Waals surface area (Å²) < 4.78 is 50.8. The summed E-state index contributed by atoms with van der Waals surface area (Å²) in [4.78, 5) is 2.23. The second-order valence-electron chi connectivity index (χ2n) is 5.87. The summed E-state index contributed by atoms with van der Waals surface area (Å²) in [6.07, 6.45) is -2.29. The van der Waals surface area contributed by atoms with Crippen LogP contribution < -0.4 is 0 Å². The molecule has 0 bridgehead atoms. The van der Waals surface area contributed by atoms with E-state index in [0.29, 0.717) is 6.54 Å². The first-order valence-corrected chi connectivity index (χ1v) is 7.59. The van der Waals surface area contributed by atoms with E-state index in [0.717, 1.165) is 42.6 Å². The highest BCUT2D eigenvalue weighted by Crippen LogP contribution is 2.34. The SMILES string of the molecule is Fc1ccc([C@H]2CCCN2Cc2ccc(C(F)(F)F)cc2)cc1. The molecule has 0 saturated carbocycles. The van der Waals surface area contributed by atoms with Gasteiger partial charge in [0.1, 0.15) is 5.82 Å². The third-order valence-corrected chi connectivity index (χ3v) is 4.29. The standard InChI is InChI=1S/C18H17F4N/c19-16-9-5-14(6-10-16)17-2-1-11-23(17)12-13-3-7-15(8-4-13)18(20,21)22/h3-10,17H,1-2,11-12H2/t17-/m1/s1. The van der Waals surface area contributed by atoms with Gasteiger partial charge in [0.15, 0.2) is 0 Å². The number of nitrogens with zero attached hydrogens (tertiary/aromatic N) is 1. The molecule has 1 aliphatic heterocycles. The average molecular weight is 323 g/mol. The molecule has 2 aromatic rings. The van der Waals surface area contributed by atoms with E-state index in [1.165, 1.54) is 24.3 Å². The van der Waals surface area contributed by atoms with E-state index in [-0.39, 0.29) is 11.9 Å². The first-order valence-electron chi connectivity index (χ1n) is 7.59. The molecule has 1 fully saturated rings. The van der Waals surface area contributed by atoms with Crippen molar-refractivity contribution in [3.8, 4) is 0 Å². The number of hydrogen-bond acceptors (Lipinski definition) is 1. The van der Waals surface area contributed by atoms with Gasteiger partial charge in [-0.15, -0.1) is 0 Å². The molecule has 2 aromatic carbocycles. The summed E-state index contributed by atoms with van der Waals surface area (Å²) >= 11 is 0. The number of benzene rings is 2. The molecular formula is C18H17F4N. The fraction of sp³-hybridized carbons (Fsp3) is 0.333. The number of alkyl halides is 3. The molecule has 1 nitrogen and oxygen atoms in total. The molecule has 1 heterocycles. The normalized spacial score (nSPS) is 19.2. The van der Waals surface area contributed by atoms with Crippen LogP contribution in [0.2, 0.25) is 0 Å². The summed E-state index contributed by atoms with van der Waals surface area (Å²) in [5.41, 5.74) is 1.28. The topological polar surface area (TPSA) is 3.24 Å². The molecule has 1 atom stereocenters. The maximum absolute atomic E-state index is 13.0. The summed E-state index contributed by atoms with van der Waals surface area (Å²) in [6.45, 7) is 1.49. The average Bonchev–Trinajstić information content (AvgIpc) is 2.96. The molecule has 3 rings (SSSR count). The lowest BCUT2D eigenvalue weighted by atomic mass is 10.0. The Kier molecular flexibility index (Phi) is 4.39. The highest BCUT2D eigenvalue weighted by Gasteiger charge is 2.30. The van der Waals surface area contributed by atoms with Crippen molar-refractivity contribution in [2.75, 3.05) is 6.54 Å². The molecular weight excluding hydrogens is 306 g/mol. The van der Waals surface area contributed by atoms with Crippen molar-refractivity contribution in [2.24, 2.45) is 0 Å². The van der Waals surface area contributed by atoms with E-state index in [1.807, 2.05) is 0 Å². The number of likely N-dealkylation sites (tertiary alicyclic amines) is 1. The Labute approximate surface area is 132 Å². The molecule has 1 saturated heterocycles. The predicted molar refractivity (Wildman–Crippen MR) is 80.2 cm³/mol. The third kappa shape index (κ3) is 3.72. The molecule has 0 radical (unpaired) electrons. The minimum Gasteiger partial charge on any atom is -0.292 e. The van der Waals surface area contributed by atoms with Crippen molar-refractivity contribution < 1.29 is 17.6 Å².